The largest absolute Gasteiger partial charge is 0.314 e. The van der Waals surface area contributed by atoms with Crippen molar-refractivity contribution in [3.05, 3.63) is 40.2 Å². The monoisotopic (exact) mass is 227 g/mol. The summed E-state index contributed by atoms with van der Waals surface area (Å²) in [6.45, 7) is 4.06. The minimum atomic E-state index is -0.379. The molecule has 1 aromatic carbocycles. The van der Waals surface area contributed by atoms with E-state index in [1.54, 1.807) is 12.1 Å². The molecule has 0 bridgehead atoms. The van der Waals surface area contributed by atoms with Gasteiger partial charge in [0.25, 0.3) is 0 Å². The molecule has 0 aliphatic rings. The SMILES string of the molecule is CNC(C)/C(C)=C/c1ccc(Cl)c(F)c1. The first-order valence-electron chi connectivity index (χ1n) is 4.85. The maximum absolute atomic E-state index is 13.1. The topological polar surface area (TPSA) is 12.0 Å². The smallest absolute Gasteiger partial charge is 0.142 e. The zero-order valence-corrected chi connectivity index (χ0v) is 9.90. The lowest BCUT2D eigenvalue weighted by atomic mass is 10.1. The van der Waals surface area contributed by atoms with Gasteiger partial charge in [-0.2, -0.15) is 0 Å². The fourth-order valence-corrected chi connectivity index (χ4v) is 1.34. The van der Waals surface area contributed by atoms with Crippen molar-refractivity contribution < 1.29 is 4.39 Å². The fraction of sp³-hybridized carbons (Fsp3) is 0.333. The average Bonchev–Trinajstić information content (AvgIpc) is 2.22. The van der Waals surface area contributed by atoms with Gasteiger partial charge in [0.05, 0.1) is 5.02 Å². The van der Waals surface area contributed by atoms with Crippen LogP contribution >= 0.6 is 11.6 Å². The molecular formula is C12H15ClFN. The number of hydrogen-bond acceptors (Lipinski definition) is 1. The van der Waals surface area contributed by atoms with Gasteiger partial charge in [-0.25, -0.2) is 4.39 Å². The molecule has 1 unspecified atom stereocenters. The van der Waals surface area contributed by atoms with Crippen LogP contribution in [0.2, 0.25) is 5.02 Å². The highest BCUT2D eigenvalue weighted by molar-refractivity contribution is 6.30. The molecule has 0 heterocycles. The number of nitrogens with one attached hydrogen (secondary N) is 1. The van der Waals surface area contributed by atoms with Gasteiger partial charge in [-0.05, 0) is 38.6 Å². The molecule has 0 aliphatic heterocycles. The first-order valence-corrected chi connectivity index (χ1v) is 5.23. The maximum atomic E-state index is 13.1. The molecule has 1 aromatic rings. The Morgan fingerprint density at radius 3 is 2.73 bits per heavy atom. The van der Waals surface area contributed by atoms with E-state index in [1.807, 2.05) is 20.0 Å². The second-order valence-corrected chi connectivity index (χ2v) is 3.98. The quantitative estimate of drug-likeness (QED) is 0.834. The normalized spacial score (nSPS) is 14.1. The fourth-order valence-electron chi connectivity index (χ4n) is 1.22. The van der Waals surface area contributed by atoms with Gasteiger partial charge in [0.2, 0.25) is 0 Å². The molecule has 1 nitrogen and oxygen atoms in total. The van der Waals surface area contributed by atoms with Crippen molar-refractivity contribution in [1.29, 1.82) is 0 Å². The van der Waals surface area contributed by atoms with E-state index >= 15 is 0 Å². The highest BCUT2D eigenvalue weighted by Gasteiger charge is 2.02. The molecule has 0 fully saturated rings. The molecule has 0 aliphatic carbocycles. The first kappa shape index (κ1) is 12.2. The van der Waals surface area contributed by atoms with Gasteiger partial charge < -0.3 is 5.32 Å². The Morgan fingerprint density at radius 2 is 2.20 bits per heavy atom. The van der Waals surface area contributed by atoms with Gasteiger partial charge in [0.15, 0.2) is 0 Å². The second-order valence-electron chi connectivity index (χ2n) is 3.57. The van der Waals surface area contributed by atoms with Crippen molar-refractivity contribution in [3.8, 4) is 0 Å². The molecule has 0 amide bonds. The van der Waals surface area contributed by atoms with E-state index in [2.05, 4.69) is 12.2 Å². The van der Waals surface area contributed by atoms with Crippen LogP contribution in [-0.2, 0) is 0 Å². The molecule has 0 aromatic heterocycles. The van der Waals surface area contributed by atoms with Gasteiger partial charge in [-0.15, -0.1) is 0 Å². The molecule has 82 valence electrons. The van der Waals surface area contributed by atoms with Crippen molar-refractivity contribution in [2.24, 2.45) is 0 Å². The minimum Gasteiger partial charge on any atom is -0.314 e. The van der Waals surface area contributed by atoms with Crippen molar-refractivity contribution in [3.63, 3.8) is 0 Å². The summed E-state index contributed by atoms with van der Waals surface area (Å²) in [5.41, 5.74) is 1.98. The Hall–Kier alpha value is -0.860. The maximum Gasteiger partial charge on any atom is 0.142 e. The first-order chi connectivity index (χ1) is 7.04. The third kappa shape index (κ3) is 3.33. The van der Waals surface area contributed by atoms with E-state index in [0.29, 0.717) is 0 Å². The molecule has 1 N–H and O–H groups in total. The van der Waals surface area contributed by atoms with Crippen molar-refractivity contribution in [2.45, 2.75) is 19.9 Å². The zero-order chi connectivity index (χ0) is 11.4. The number of rotatable bonds is 3. The summed E-state index contributed by atoms with van der Waals surface area (Å²) in [6, 6.07) is 5.09. The standard InChI is InChI=1S/C12H15ClFN/c1-8(9(2)15-3)6-10-4-5-11(13)12(14)7-10/h4-7,9,15H,1-3H3/b8-6+. The van der Waals surface area contributed by atoms with Crippen molar-refractivity contribution in [1.82, 2.24) is 5.32 Å². The van der Waals surface area contributed by atoms with Gasteiger partial charge in [0.1, 0.15) is 5.82 Å². The Kier molecular flexibility index (Phi) is 4.30. The van der Waals surface area contributed by atoms with Crippen LogP contribution in [0.15, 0.2) is 23.8 Å². The second kappa shape index (κ2) is 5.29. The average molecular weight is 228 g/mol. The molecule has 15 heavy (non-hydrogen) atoms. The van der Waals surface area contributed by atoms with Crippen LogP contribution in [0, 0.1) is 5.82 Å². The highest BCUT2D eigenvalue weighted by atomic mass is 35.5. The van der Waals surface area contributed by atoms with E-state index in [-0.39, 0.29) is 16.9 Å². The Morgan fingerprint density at radius 1 is 1.53 bits per heavy atom. The van der Waals surface area contributed by atoms with Crippen LogP contribution in [0.4, 0.5) is 4.39 Å². The zero-order valence-electron chi connectivity index (χ0n) is 9.14. The molecule has 0 saturated carbocycles. The Bertz CT molecular complexity index is 374. The van der Waals surface area contributed by atoms with Crippen LogP contribution in [0.3, 0.4) is 0 Å². The Balaban J connectivity index is 2.93. The van der Waals surface area contributed by atoms with Crippen LogP contribution in [0.5, 0.6) is 0 Å². The van der Waals surface area contributed by atoms with Crippen LogP contribution in [-0.4, -0.2) is 13.1 Å². The molecule has 1 rings (SSSR count). The molecule has 3 heteroatoms. The molecule has 0 radical (unpaired) electrons. The summed E-state index contributed by atoms with van der Waals surface area (Å²) in [5.74, 6) is -0.379. The number of likely N-dealkylation sites (N-methyl/N-ethyl adjacent to an activating group) is 1. The van der Waals surface area contributed by atoms with Crippen LogP contribution < -0.4 is 5.32 Å². The lowest BCUT2D eigenvalue weighted by Crippen LogP contribution is -2.21. The number of halogens is 2. The molecule has 0 saturated heterocycles. The molecule has 0 spiro atoms. The molecule has 1 atom stereocenters. The van der Waals surface area contributed by atoms with E-state index in [0.717, 1.165) is 11.1 Å². The third-order valence-corrected chi connectivity index (χ3v) is 2.76. The summed E-state index contributed by atoms with van der Waals surface area (Å²) in [7, 11) is 1.89. The lowest BCUT2D eigenvalue weighted by Gasteiger charge is -2.10. The predicted molar refractivity (Wildman–Crippen MR) is 63.6 cm³/mol. The predicted octanol–water partition coefficient (Wildman–Crippen LogP) is 3.49. The van der Waals surface area contributed by atoms with Gasteiger partial charge in [-0.3, -0.25) is 0 Å². The van der Waals surface area contributed by atoms with E-state index in [4.69, 9.17) is 11.6 Å². The highest BCUT2D eigenvalue weighted by Crippen LogP contribution is 2.18. The van der Waals surface area contributed by atoms with E-state index in [1.165, 1.54) is 6.07 Å². The van der Waals surface area contributed by atoms with Gasteiger partial charge in [0, 0.05) is 6.04 Å². The summed E-state index contributed by atoms with van der Waals surface area (Å²) in [6.07, 6.45) is 1.95. The summed E-state index contributed by atoms with van der Waals surface area (Å²) in [5, 5.41) is 3.28. The minimum absolute atomic E-state index is 0.159. The number of hydrogen-bond donors (Lipinski definition) is 1. The number of benzene rings is 1. The lowest BCUT2D eigenvalue weighted by molar-refractivity contribution is 0.628. The van der Waals surface area contributed by atoms with Gasteiger partial charge in [-0.1, -0.05) is 29.3 Å². The Labute approximate surface area is 95.0 Å². The summed E-state index contributed by atoms with van der Waals surface area (Å²) < 4.78 is 13.1. The van der Waals surface area contributed by atoms with Gasteiger partial charge >= 0.3 is 0 Å². The van der Waals surface area contributed by atoms with Crippen molar-refractivity contribution >= 4 is 17.7 Å². The summed E-state index contributed by atoms with van der Waals surface area (Å²) in [4.78, 5) is 0. The third-order valence-electron chi connectivity index (χ3n) is 2.45. The van der Waals surface area contributed by atoms with Crippen LogP contribution in [0.25, 0.3) is 6.08 Å². The van der Waals surface area contributed by atoms with E-state index < -0.39 is 0 Å². The summed E-state index contributed by atoms with van der Waals surface area (Å²) >= 11 is 5.60. The van der Waals surface area contributed by atoms with Crippen LogP contribution in [0.1, 0.15) is 19.4 Å². The van der Waals surface area contributed by atoms with E-state index in [9.17, 15) is 4.39 Å². The molecular weight excluding hydrogens is 213 g/mol. The van der Waals surface area contributed by atoms with Crippen molar-refractivity contribution in [2.75, 3.05) is 7.05 Å².